The van der Waals surface area contributed by atoms with Gasteiger partial charge in [0.1, 0.15) is 11.2 Å². The van der Waals surface area contributed by atoms with Crippen LogP contribution in [0.3, 0.4) is 0 Å². The first kappa shape index (κ1) is 16.3. The fourth-order valence-corrected chi connectivity index (χ4v) is 1.88. The van der Waals surface area contributed by atoms with Gasteiger partial charge in [0, 0.05) is 17.9 Å². The van der Waals surface area contributed by atoms with E-state index in [0.29, 0.717) is 0 Å². The minimum absolute atomic E-state index is 0.0214. The molecule has 0 saturated heterocycles. The number of benzene rings is 1. The molecule has 0 atom stereocenters. The van der Waals surface area contributed by atoms with Crippen LogP contribution in [0.2, 0.25) is 5.02 Å². The molecule has 20 heavy (non-hydrogen) atoms. The minimum Gasteiger partial charge on any atom is -0.207 e. The van der Waals surface area contributed by atoms with Gasteiger partial charge in [0.2, 0.25) is 0 Å². The SMILES string of the molecule is N#CC(C#N)(CCC(F)(F)F)Cc1ccc(F)cc1Cl. The molecule has 1 aromatic carbocycles. The molecule has 0 aliphatic rings. The van der Waals surface area contributed by atoms with Crippen LogP contribution in [0.15, 0.2) is 18.2 Å². The number of nitriles is 2. The van der Waals surface area contributed by atoms with Crippen LogP contribution in [0.1, 0.15) is 18.4 Å². The predicted octanol–water partition coefficient (Wildman–Crippen LogP) is 4.40. The Kier molecular flexibility index (Phi) is 4.97. The Hall–Kier alpha value is -1.79. The summed E-state index contributed by atoms with van der Waals surface area (Å²) in [7, 11) is 0. The van der Waals surface area contributed by atoms with Gasteiger partial charge in [-0.25, -0.2) is 4.39 Å². The normalized spacial score (nSPS) is 11.8. The van der Waals surface area contributed by atoms with Crippen molar-refractivity contribution in [3.63, 3.8) is 0 Å². The van der Waals surface area contributed by atoms with Crippen LogP contribution in [-0.4, -0.2) is 6.18 Å². The summed E-state index contributed by atoms with van der Waals surface area (Å²) in [6.07, 6.45) is -6.63. The van der Waals surface area contributed by atoms with E-state index >= 15 is 0 Å². The second-order valence-electron chi connectivity index (χ2n) is 4.33. The van der Waals surface area contributed by atoms with Gasteiger partial charge in [0.05, 0.1) is 12.1 Å². The molecular weight excluding hydrogens is 296 g/mol. The van der Waals surface area contributed by atoms with Crippen LogP contribution in [0.4, 0.5) is 17.6 Å². The first-order valence-electron chi connectivity index (χ1n) is 5.54. The average Bonchev–Trinajstić information content (AvgIpc) is 2.36. The van der Waals surface area contributed by atoms with Crippen LogP contribution in [0.25, 0.3) is 0 Å². The molecule has 0 fully saturated rings. The molecule has 0 unspecified atom stereocenters. The van der Waals surface area contributed by atoms with E-state index < -0.39 is 30.3 Å². The Balaban J connectivity index is 2.98. The highest BCUT2D eigenvalue weighted by molar-refractivity contribution is 6.31. The van der Waals surface area contributed by atoms with E-state index in [2.05, 4.69) is 0 Å². The lowest BCUT2D eigenvalue weighted by atomic mass is 9.80. The first-order valence-corrected chi connectivity index (χ1v) is 5.92. The topological polar surface area (TPSA) is 47.6 Å². The van der Waals surface area contributed by atoms with E-state index in [9.17, 15) is 17.6 Å². The van der Waals surface area contributed by atoms with E-state index in [0.717, 1.165) is 12.1 Å². The highest BCUT2D eigenvalue weighted by Crippen LogP contribution is 2.34. The van der Waals surface area contributed by atoms with Gasteiger partial charge in [-0.2, -0.15) is 23.7 Å². The summed E-state index contributed by atoms with van der Waals surface area (Å²) in [5.41, 5.74) is -1.57. The molecule has 0 radical (unpaired) electrons. The summed E-state index contributed by atoms with van der Waals surface area (Å²) in [6.45, 7) is 0. The van der Waals surface area contributed by atoms with Crippen LogP contribution >= 0.6 is 11.6 Å². The lowest BCUT2D eigenvalue weighted by molar-refractivity contribution is -0.138. The van der Waals surface area contributed by atoms with Crippen molar-refractivity contribution >= 4 is 11.6 Å². The van der Waals surface area contributed by atoms with E-state index in [1.807, 2.05) is 0 Å². The van der Waals surface area contributed by atoms with Crippen molar-refractivity contribution in [1.29, 1.82) is 10.5 Å². The van der Waals surface area contributed by atoms with Crippen molar-refractivity contribution in [3.8, 4) is 12.1 Å². The van der Waals surface area contributed by atoms with Crippen molar-refractivity contribution in [2.75, 3.05) is 0 Å². The number of rotatable bonds is 4. The summed E-state index contributed by atoms with van der Waals surface area (Å²) in [5, 5.41) is 18.0. The third-order valence-electron chi connectivity index (χ3n) is 2.77. The second kappa shape index (κ2) is 6.11. The van der Waals surface area contributed by atoms with Gasteiger partial charge in [-0.05, 0) is 24.1 Å². The Morgan fingerprint density at radius 1 is 1.10 bits per heavy atom. The fourth-order valence-electron chi connectivity index (χ4n) is 1.65. The average molecular weight is 305 g/mol. The summed E-state index contributed by atoms with van der Waals surface area (Å²) in [5.74, 6) is -0.603. The molecule has 106 valence electrons. The molecule has 0 amide bonds. The van der Waals surface area contributed by atoms with Crippen molar-refractivity contribution in [1.82, 2.24) is 0 Å². The maximum atomic E-state index is 12.9. The molecule has 0 N–H and O–H groups in total. The van der Waals surface area contributed by atoms with Crippen LogP contribution < -0.4 is 0 Å². The molecule has 0 bridgehead atoms. The zero-order valence-corrected chi connectivity index (χ0v) is 10.9. The molecule has 1 aromatic rings. The Labute approximate surface area is 118 Å². The standard InChI is InChI=1S/C13H9ClF4N2/c14-11-5-10(15)2-1-9(11)6-12(7-19,8-20)3-4-13(16,17)18/h1-2,5H,3-4,6H2. The Morgan fingerprint density at radius 3 is 2.15 bits per heavy atom. The van der Waals surface area contributed by atoms with Crippen LogP contribution in [-0.2, 0) is 6.42 Å². The Morgan fingerprint density at radius 2 is 1.70 bits per heavy atom. The maximum absolute atomic E-state index is 12.9. The van der Waals surface area contributed by atoms with Gasteiger partial charge in [-0.1, -0.05) is 17.7 Å². The molecule has 0 aliphatic heterocycles. The minimum atomic E-state index is -4.45. The van der Waals surface area contributed by atoms with Gasteiger partial charge >= 0.3 is 6.18 Å². The van der Waals surface area contributed by atoms with Crippen molar-refractivity contribution in [2.45, 2.75) is 25.4 Å². The van der Waals surface area contributed by atoms with Gasteiger partial charge in [-0.3, -0.25) is 0 Å². The third-order valence-corrected chi connectivity index (χ3v) is 3.12. The molecule has 0 aromatic heterocycles. The number of alkyl halides is 3. The van der Waals surface area contributed by atoms with Gasteiger partial charge < -0.3 is 0 Å². The fraction of sp³-hybridized carbons (Fsp3) is 0.385. The maximum Gasteiger partial charge on any atom is 0.389 e. The molecule has 1 rings (SSSR count). The smallest absolute Gasteiger partial charge is 0.207 e. The van der Waals surface area contributed by atoms with Gasteiger partial charge in [0.25, 0.3) is 0 Å². The summed E-state index contributed by atoms with van der Waals surface area (Å²) >= 11 is 5.76. The zero-order chi connectivity index (χ0) is 15.4. The molecule has 0 heterocycles. The van der Waals surface area contributed by atoms with E-state index in [1.165, 1.54) is 6.07 Å². The highest BCUT2D eigenvalue weighted by Gasteiger charge is 2.37. The second-order valence-corrected chi connectivity index (χ2v) is 4.74. The molecule has 0 aliphatic carbocycles. The van der Waals surface area contributed by atoms with Crippen molar-refractivity contribution in [3.05, 3.63) is 34.6 Å². The number of hydrogen-bond donors (Lipinski definition) is 0. The lowest BCUT2D eigenvalue weighted by Gasteiger charge is -2.20. The van der Waals surface area contributed by atoms with E-state index in [-0.39, 0.29) is 17.0 Å². The van der Waals surface area contributed by atoms with Crippen molar-refractivity contribution in [2.24, 2.45) is 5.41 Å². The summed E-state index contributed by atoms with van der Waals surface area (Å²) < 4.78 is 49.6. The van der Waals surface area contributed by atoms with E-state index in [1.54, 1.807) is 12.1 Å². The van der Waals surface area contributed by atoms with Crippen LogP contribution in [0, 0.1) is 33.9 Å². The number of hydrogen-bond acceptors (Lipinski definition) is 2. The highest BCUT2D eigenvalue weighted by atomic mass is 35.5. The lowest BCUT2D eigenvalue weighted by Crippen LogP contribution is -2.23. The molecule has 7 heteroatoms. The van der Waals surface area contributed by atoms with Gasteiger partial charge in [-0.15, -0.1) is 0 Å². The molecule has 0 spiro atoms. The Bertz CT molecular complexity index is 555. The third kappa shape index (κ3) is 4.40. The van der Waals surface area contributed by atoms with E-state index in [4.69, 9.17) is 22.1 Å². The molecule has 0 saturated carbocycles. The van der Waals surface area contributed by atoms with Gasteiger partial charge in [0.15, 0.2) is 0 Å². The largest absolute Gasteiger partial charge is 0.389 e. The van der Waals surface area contributed by atoms with Crippen molar-refractivity contribution < 1.29 is 17.6 Å². The predicted molar refractivity (Wildman–Crippen MR) is 64.1 cm³/mol. The molecule has 2 nitrogen and oxygen atoms in total. The summed E-state index contributed by atoms with van der Waals surface area (Å²) in [4.78, 5) is 0. The number of nitrogens with zero attached hydrogens (tertiary/aromatic N) is 2. The zero-order valence-electron chi connectivity index (χ0n) is 10.1. The number of halogens is 5. The summed E-state index contributed by atoms with van der Waals surface area (Å²) in [6, 6.07) is 6.55. The van der Waals surface area contributed by atoms with Crippen LogP contribution in [0.5, 0.6) is 0 Å². The monoisotopic (exact) mass is 304 g/mol. The molecular formula is C13H9ClF4N2. The first-order chi connectivity index (χ1) is 9.21. The quantitative estimate of drug-likeness (QED) is 0.774.